The normalized spacial score (nSPS) is 29.0. The molecule has 64 valence electrons. The fraction of sp³-hybridized carbons (Fsp3) is 0.571. The molecule has 0 aliphatic carbocycles. The molecule has 1 unspecified atom stereocenters. The van der Waals surface area contributed by atoms with Gasteiger partial charge in [-0.05, 0) is 0 Å². The zero-order chi connectivity index (χ0) is 8.55. The Morgan fingerprint density at radius 3 is 2.83 bits per heavy atom. The van der Waals surface area contributed by atoms with Gasteiger partial charge in [0.15, 0.2) is 0 Å². The Balaban J connectivity index is 2.13. The van der Waals surface area contributed by atoms with Gasteiger partial charge in [0.2, 0.25) is 0 Å². The lowest BCUT2D eigenvalue weighted by Crippen LogP contribution is -2.14. The quantitative estimate of drug-likeness (QED) is 0.433. The summed E-state index contributed by atoms with van der Waals surface area (Å²) in [5.74, 6) is -0.355. The number of nitrogens with zero attached hydrogens (tertiary/aromatic N) is 1. The molecule has 1 saturated heterocycles. The van der Waals surface area contributed by atoms with Crippen molar-refractivity contribution in [1.82, 2.24) is 0 Å². The maximum Gasteiger partial charge on any atom is 0.323 e. The summed E-state index contributed by atoms with van der Waals surface area (Å²) in [6.07, 6.45) is 0.171. The van der Waals surface area contributed by atoms with Gasteiger partial charge in [-0.1, -0.05) is 0 Å². The highest BCUT2D eigenvalue weighted by Gasteiger charge is 2.38. The number of carbonyl (C=O) groups is 2. The van der Waals surface area contributed by atoms with Crippen LogP contribution < -0.4 is 0 Å². The minimum atomic E-state index is -0.437. The van der Waals surface area contributed by atoms with Gasteiger partial charge in [-0.3, -0.25) is 14.6 Å². The lowest BCUT2D eigenvalue weighted by Gasteiger charge is -2.00. The zero-order valence-electron chi connectivity index (χ0n) is 6.28. The molecular formula is C7H7NO3S. The van der Waals surface area contributed by atoms with E-state index in [-0.39, 0.29) is 6.42 Å². The molecule has 12 heavy (non-hydrogen) atoms. The monoisotopic (exact) mass is 185 g/mol. The highest BCUT2D eigenvalue weighted by atomic mass is 32.2. The number of hydrogen-bond acceptors (Lipinski definition) is 5. The van der Waals surface area contributed by atoms with Gasteiger partial charge in [0, 0.05) is 12.3 Å². The summed E-state index contributed by atoms with van der Waals surface area (Å²) in [6, 6.07) is 0. The highest BCUT2D eigenvalue weighted by Crippen LogP contribution is 2.26. The molecule has 0 aromatic carbocycles. The Kier molecular flexibility index (Phi) is 1.88. The first-order valence-corrected chi connectivity index (χ1v) is 4.67. The van der Waals surface area contributed by atoms with Gasteiger partial charge < -0.3 is 4.74 Å². The molecule has 0 spiro atoms. The molecule has 0 radical (unpaired) electrons. The minimum absolute atomic E-state index is 0.171. The van der Waals surface area contributed by atoms with Crippen molar-refractivity contribution in [2.45, 2.75) is 6.42 Å². The summed E-state index contributed by atoms with van der Waals surface area (Å²) < 4.78 is 4.41. The van der Waals surface area contributed by atoms with Gasteiger partial charge in [0.25, 0.3) is 0 Å². The van der Waals surface area contributed by atoms with Crippen LogP contribution in [0.3, 0.4) is 0 Å². The second-order valence-corrected chi connectivity index (χ2v) is 3.73. The number of ether oxygens (including phenoxy) is 1. The SMILES string of the molecule is O=C1CC(C2=NCCS2)C(=O)O1. The van der Waals surface area contributed by atoms with Crippen molar-refractivity contribution < 1.29 is 14.3 Å². The van der Waals surface area contributed by atoms with Gasteiger partial charge in [-0.25, -0.2) is 0 Å². The molecule has 0 aromatic rings. The molecule has 0 saturated carbocycles. The number of esters is 2. The second-order valence-electron chi connectivity index (χ2n) is 2.62. The van der Waals surface area contributed by atoms with Crippen LogP contribution in [-0.4, -0.2) is 29.3 Å². The van der Waals surface area contributed by atoms with Crippen molar-refractivity contribution in [3.05, 3.63) is 0 Å². The maximum absolute atomic E-state index is 11.0. The summed E-state index contributed by atoms with van der Waals surface area (Å²) in [7, 11) is 0. The lowest BCUT2D eigenvalue weighted by atomic mass is 10.1. The van der Waals surface area contributed by atoms with Gasteiger partial charge in [-0.15, -0.1) is 11.8 Å². The summed E-state index contributed by atoms with van der Waals surface area (Å²) in [5, 5.41) is 0.769. The molecule has 0 aromatic heterocycles. The van der Waals surface area contributed by atoms with Gasteiger partial charge in [-0.2, -0.15) is 0 Å². The topological polar surface area (TPSA) is 55.7 Å². The lowest BCUT2D eigenvalue weighted by molar-refractivity contribution is -0.152. The molecular weight excluding hydrogens is 178 g/mol. The molecule has 0 N–H and O–H groups in total. The molecule has 2 rings (SSSR count). The van der Waals surface area contributed by atoms with Crippen LogP contribution in [0, 0.1) is 5.92 Å². The number of thioether (sulfide) groups is 1. The van der Waals surface area contributed by atoms with Crippen LogP contribution in [0.25, 0.3) is 0 Å². The molecule has 2 aliphatic heterocycles. The Bertz CT molecular complexity index is 274. The van der Waals surface area contributed by atoms with Crippen LogP contribution in [0.4, 0.5) is 0 Å². The number of cyclic esters (lactones) is 2. The van der Waals surface area contributed by atoms with Gasteiger partial charge >= 0.3 is 11.9 Å². The van der Waals surface area contributed by atoms with Crippen LogP contribution in [-0.2, 0) is 14.3 Å². The first kappa shape index (κ1) is 7.79. The predicted octanol–water partition coefficient (Wildman–Crippen LogP) is 0.221. The standard InChI is InChI=1S/C7H7NO3S/c9-5-3-4(7(10)11-5)6-8-1-2-12-6/h4H,1-3H2. The molecule has 5 heteroatoms. The van der Waals surface area contributed by atoms with Crippen LogP contribution in [0.1, 0.15) is 6.42 Å². The van der Waals surface area contributed by atoms with Gasteiger partial charge in [0.1, 0.15) is 5.92 Å². The van der Waals surface area contributed by atoms with Crippen molar-refractivity contribution >= 4 is 28.7 Å². The van der Waals surface area contributed by atoms with E-state index in [0.29, 0.717) is 0 Å². The first-order valence-electron chi connectivity index (χ1n) is 3.69. The van der Waals surface area contributed by atoms with E-state index in [4.69, 9.17) is 0 Å². The fourth-order valence-corrected chi connectivity index (χ4v) is 2.18. The zero-order valence-corrected chi connectivity index (χ0v) is 7.10. The molecule has 1 atom stereocenters. The van der Waals surface area contributed by atoms with Crippen LogP contribution in [0.15, 0.2) is 4.99 Å². The van der Waals surface area contributed by atoms with E-state index in [1.165, 1.54) is 0 Å². The molecule has 4 nitrogen and oxygen atoms in total. The third kappa shape index (κ3) is 1.24. The van der Waals surface area contributed by atoms with Crippen LogP contribution >= 0.6 is 11.8 Å². The fourth-order valence-electron chi connectivity index (χ4n) is 1.23. The van der Waals surface area contributed by atoms with E-state index in [1.807, 2.05) is 0 Å². The van der Waals surface area contributed by atoms with E-state index in [0.717, 1.165) is 17.3 Å². The predicted molar refractivity (Wildman–Crippen MR) is 44.0 cm³/mol. The van der Waals surface area contributed by atoms with E-state index < -0.39 is 17.9 Å². The largest absolute Gasteiger partial charge is 0.393 e. The molecule has 2 heterocycles. The average molecular weight is 185 g/mol. The number of rotatable bonds is 1. The summed E-state index contributed by atoms with van der Waals surface area (Å²) in [5.41, 5.74) is 0. The van der Waals surface area contributed by atoms with E-state index >= 15 is 0 Å². The van der Waals surface area contributed by atoms with E-state index in [2.05, 4.69) is 9.73 Å². The van der Waals surface area contributed by atoms with Crippen molar-refractivity contribution in [2.24, 2.45) is 10.9 Å². The van der Waals surface area contributed by atoms with E-state index in [1.54, 1.807) is 11.8 Å². The highest BCUT2D eigenvalue weighted by molar-refractivity contribution is 8.14. The smallest absolute Gasteiger partial charge is 0.323 e. The third-order valence-electron chi connectivity index (χ3n) is 1.78. The Hall–Kier alpha value is -0.840. The average Bonchev–Trinajstić information content (AvgIpc) is 2.58. The van der Waals surface area contributed by atoms with Crippen LogP contribution in [0.5, 0.6) is 0 Å². The maximum atomic E-state index is 11.0. The first-order chi connectivity index (χ1) is 5.77. The van der Waals surface area contributed by atoms with Crippen molar-refractivity contribution in [2.75, 3.05) is 12.3 Å². The molecule has 1 fully saturated rings. The van der Waals surface area contributed by atoms with E-state index in [9.17, 15) is 9.59 Å². The number of carbonyl (C=O) groups excluding carboxylic acids is 2. The molecule has 0 bridgehead atoms. The van der Waals surface area contributed by atoms with Crippen molar-refractivity contribution in [3.63, 3.8) is 0 Å². The Labute approximate surface area is 73.4 Å². The minimum Gasteiger partial charge on any atom is -0.393 e. The summed E-state index contributed by atoms with van der Waals surface area (Å²) in [4.78, 5) is 25.9. The second kappa shape index (κ2) is 2.90. The van der Waals surface area contributed by atoms with Crippen molar-refractivity contribution in [1.29, 1.82) is 0 Å². The van der Waals surface area contributed by atoms with Gasteiger partial charge in [0.05, 0.1) is 11.5 Å². The molecule has 2 aliphatic rings. The third-order valence-corrected chi connectivity index (χ3v) is 2.87. The number of hydrogen-bond donors (Lipinski definition) is 0. The number of aliphatic imine (C=N–C) groups is 1. The Morgan fingerprint density at radius 1 is 1.50 bits per heavy atom. The summed E-state index contributed by atoms with van der Waals surface area (Å²) in [6.45, 7) is 0.748. The molecule has 0 amide bonds. The van der Waals surface area contributed by atoms with Crippen LogP contribution in [0.2, 0.25) is 0 Å². The Morgan fingerprint density at radius 2 is 2.33 bits per heavy atom. The summed E-state index contributed by atoms with van der Waals surface area (Å²) >= 11 is 1.54. The van der Waals surface area contributed by atoms with Crippen molar-refractivity contribution in [3.8, 4) is 0 Å².